The third kappa shape index (κ3) is 4.90. The lowest BCUT2D eigenvalue weighted by Crippen LogP contribution is -2.49. The SMILES string of the molecule is CC1(C)CC(C(=O)Nc2cc(Cl)cc(-c3cccc(C(F)(F)F)c3)c2)CNC1=O. The summed E-state index contributed by atoms with van der Waals surface area (Å²) in [5.74, 6) is -0.801. The van der Waals surface area contributed by atoms with Crippen molar-refractivity contribution in [3.63, 3.8) is 0 Å². The maximum atomic E-state index is 13.0. The average Bonchev–Trinajstić information content (AvgIpc) is 2.63. The molecule has 0 saturated carbocycles. The number of amides is 2. The Kier molecular flexibility index (Phi) is 5.63. The summed E-state index contributed by atoms with van der Waals surface area (Å²) in [5, 5.41) is 5.77. The van der Waals surface area contributed by atoms with Crippen molar-refractivity contribution in [3.8, 4) is 11.1 Å². The second kappa shape index (κ2) is 7.71. The summed E-state index contributed by atoms with van der Waals surface area (Å²) in [5.41, 5.74) is -0.247. The molecule has 1 fully saturated rings. The van der Waals surface area contributed by atoms with Crippen LogP contribution in [0.15, 0.2) is 42.5 Å². The quantitative estimate of drug-likeness (QED) is 0.717. The predicted molar refractivity (Wildman–Crippen MR) is 105 cm³/mol. The van der Waals surface area contributed by atoms with Crippen molar-refractivity contribution >= 4 is 29.1 Å². The number of carbonyl (C=O) groups is 2. The van der Waals surface area contributed by atoms with Crippen molar-refractivity contribution < 1.29 is 22.8 Å². The zero-order valence-electron chi connectivity index (χ0n) is 15.9. The normalized spacial score (nSPS) is 18.8. The number of halogens is 4. The second-order valence-corrected chi connectivity index (χ2v) is 8.23. The van der Waals surface area contributed by atoms with Gasteiger partial charge in [-0.25, -0.2) is 0 Å². The van der Waals surface area contributed by atoms with Crippen LogP contribution in [0.3, 0.4) is 0 Å². The third-order valence-corrected chi connectivity index (χ3v) is 5.16. The van der Waals surface area contributed by atoms with Crippen molar-refractivity contribution in [1.82, 2.24) is 5.32 Å². The smallest absolute Gasteiger partial charge is 0.355 e. The molecule has 1 unspecified atom stereocenters. The molecule has 8 heteroatoms. The Labute approximate surface area is 171 Å². The third-order valence-electron chi connectivity index (χ3n) is 4.94. The first kappa shape index (κ1) is 21.2. The predicted octanol–water partition coefficient (Wildman–Crippen LogP) is 5.13. The number of anilines is 1. The van der Waals surface area contributed by atoms with Crippen LogP contribution in [0, 0.1) is 11.3 Å². The van der Waals surface area contributed by atoms with Crippen LogP contribution in [0.1, 0.15) is 25.8 Å². The van der Waals surface area contributed by atoms with Crippen molar-refractivity contribution in [2.75, 3.05) is 11.9 Å². The molecule has 0 aliphatic carbocycles. The largest absolute Gasteiger partial charge is 0.416 e. The highest BCUT2D eigenvalue weighted by Gasteiger charge is 2.38. The summed E-state index contributed by atoms with van der Waals surface area (Å²) in [6.07, 6.45) is -4.06. The molecule has 154 valence electrons. The van der Waals surface area contributed by atoms with Crippen LogP contribution in [0.2, 0.25) is 5.02 Å². The van der Waals surface area contributed by atoms with E-state index >= 15 is 0 Å². The number of hydrogen-bond acceptors (Lipinski definition) is 2. The molecule has 2 aromatic rings. The van der Waals surface area contributed by atoms with Gasteiger partial charge in [-0.1, -0.05) is 37.6 Å². The van der Waals surface area contributed by atoms with Gasteiger partial charge < -0.3 is 10.6 Å². The Bertz CT molecular complexity index is 957. The molecule has 4 nitrogen and oxygen atoms in total. The van der Waals surface area contributed by atoms with E-state index in [-0.39, 0.29) is 23.4 Å². The minimum atomic E-state index is -4.45. The van der Waals surface area contributed by atoms with Gasteiger partial charge in [0.1, 0.15) is 0 Å². The van der Waals surface area contributed by atoms with Gasteiger partial charge in [0, 0.05) is 22.7 Å². The summed E-state index contributed by atoms with van der Waals surface area (Å²) in [6.45, 7) is 3.77. The lowest BCUT2D eigenvalue weighted by molar-refractivity contribution is -0.137. The molecule has 1 heterocycles. The minimum Gasteiger partial charge on any atom is -0.355 e. The van der Waals surface area contributed by atoms with E-state index in [1.165, 1.54) is 18.2 Å². The van der Waals surface area contributed by atoms with E-state index in [9.17, 15) is 22.8 Å². The first-order valence-electron chi connectivity index (χ1n) is 9.03. The Morgan fingerprint density at radius 2 is 1.90 bits per heavy atom. The van der Waals surface area contributed by atoms with Crippen molar-refractivity contribution in [2.45, 2.75) is 26.4 Å². The van der Waals surface area contributed by atoms with Crippen LogP contribution in [0.5, 0.6) is 0 Å². The zero-order valence-corrected chi connectivity index (χ0v) is 16.6. The fourth-order valence-electron chi connectivity index (χ4n) is 3.37. The molecule has 0 radical (unpaired) electrons. The van der Waals surface area contributed by atoms with Crippen LogP contribution in [0.4, 0.5) is 18.9 Å². The van der Waals surface area contributed by atoms with Crippen LogP contribution in [-0.2, 0) is 15.8 Å². The van der Waals surface area contributed by atoms with Crippen molar-refractivity contribution in [1.29, 1.82) is 0 Å². The molecular formula is C21H20ClF3N2O2. The van der Waals surface area contributed by atoms with E-state index in [1.807, 2.05) is 0 Å². The second-order valence-electron chi connectivity index (χ2n) is 7.79. The molecule has 0 aromatic heterocycles. The maximum absolute atomic E-state index is 13.0. The van der Waals surface area contributed by atoms with Gasteiger partial charge in [0.2, 0.25) is 11.8 Å². The molecule has 1 aliphatic rings. The van der Waals surface area contributed by atoms with Gasteiger partial charge >= 0.3 is 6.18 Å². The summed E-state index contributed by atoms with van der Waals surface area (Å²) < 4.78 is 39.0. The van der Waals surface area contributed by atoms with Gasteiger partial charge in [0.15, 0.2) is 0 Å². The highest BCUT2D eigenvalue weighted by Crippen LogP contribution is 2.34. The Hall–Kier alpha value is -2.54. The number of carbonyl (C=O) groups excluding carboxylic acids is 2. The van der Waals surface area contributed by atoms with Crippen LogP contribution >= 0.6 is 11.6 Å². The van der Waals surface area contributed by atoms with Gasteiger partial charge in [0.25, 0.3) is 0 Å². The van der Waals surface area contributed by atoms with E-state index in [2.05, 4.69) is 10.6 Å². The zero-order chi connectivity index (χ0) is 21.4. The fourth-order valence-corrected chi connectivity index (χ4v) is 3.60. The van der Waals surface area contributed by atoms with Gasteiger partial charge in [-0.2, -0.15) is 13.2 Å². The van der Waals surface area contributed by atoms with Crippen molar-refractivity contribution in [2.24, 2.45) is 11.3 Å². The first-order chi connectivity index (χ1) is 13.5. The molecule has 1 saturated heterocycles. The standard InChI is InChI=1S/C21H20ClF3N2O2/c1-20(2)10-14(11-26-19(20)29)18(28)27-17-8-13(7-16(22)9-17)12-4-3-5-15(6-12)21(23,24)25/h3-9,14H,10-11H2,1-2H3,(H,26,29)(H,27,28). The van der Waals surface area contributed by atoms with E-state index in [0.29, 0.717) is 23.2 Å². The van der Waals surface area contributed by atoms with E-state index < -0.39 is 23.1 Å². The molecule has 1 aliphatic heterocycles. The van der Waals surface area contributed by atoms with Crippen LogP contribution in [-0.4, -0.2) is 18.4 Å². The fraction of sp³-hybridized carbons (Fsp3) is 0.333. The number of benzene rings is 2. The summed E-state index contributed by atoms with van der Waals surface area (Å²) in [6, 6.07) is 9.55. The summed E-state index contributed by atoms with van der Waals surface area (Å²) in [7, 11) is 0. The first-order valence-corrected chi connectivity index (χ1v) is 9.41. The topological polar surface area (TPSA) is 58.2 Å². The average molecular weight is 425 g/mol. The molecule has 1 atom stereocenters. The maximum Gasteiger partial charge on any atom is 0.416 e. The highest BCUT2D eigenvalue weighted by molar-refractivity contribution is 6.31. The monoisotopic (exact) mass is 424 g/mol. The molecule has 29 heavy (non-hydrogen) atoms. The van der Waals surface area contributed by atoms with E-state index in [0.717, 1.165) is 12.1 Å². The van der Waals surface area contributed by atoms with Crippen LogP contribution < -0.4 is 10.6 Å². The van der Waals surface area contributed by atoms with Gasteiger partial charge in [-0.05, 0) is 47.9 Å². The molecule has 0 spiro atoms. The Balaban J connectivity index is 1.83. The lowest BCUT2D eigenvalue weighted by Gasteiger charge is -2.33. The number of rotatable bonds is 3. The van der Waals surface area contributed by atoms with Gasteiger partial charge in [-0.3, -0.25) is 9.59 Å². The van der Waals surface area contributed by atoms with Gasteiger partial charge in [0.05, 0.1) is 11.5 Å². The molecule has 2 N–H and O–H groups in total. The number of alkyl halides is 3. The number of hydrogen-bond donors (Lipinski definition) is 2. The highest BCUT2D eigenvalue weighted by atomic mass is 35.5. The van der Waals surface area contributed by atoms with Crippen molar-refractivity contribution in [3.05, 3.63) is 53.1 Å². The summed E-state index contributed by atoms with van der Waals surface area (Å²) >= 11 is 6.13. The number of nitrogens with one attached hydrogen (secondary N) is 2. The molecule has 2 amide bonds. The van der Waals surface area contributed by atoms with Gasteiger partial charge in [-0.15, -0.1) is 0 Å². The minimum absolute atomic E-state index is 0.101. The molecule has 3 rings (SSSR count). The summed E-state index contributed by atoms with van der Waals surface area (Å²) in [4.78, 5) is 24.5. The number of piperidine rings is 1. The molecule has 0 bridgehead atoms. The Morgan fingerprint density at radius 1 is 1.17 bits per heavy atom. The Morgan fingerprint density at radius 3 is 2.55 bits per heavy atom. The van der Waals surface area contributed by atoms with Crippen LogP contribution in [0.25, 0.3) is 11.1 Å². The molecular weight excluding hydrogens is 405 g/mol. The molecule has 2 aromatic carbocycles. The van der Waals surface area contributed by atoms with E-state index in [4.69, 9.17) is 11.6 Å². The lowest BCUT2D eigenvalue weighted by atomic mass is 9.78. The van der Waals surface area contributed by atoms with E-state index in [1.54, 1.807) is 26.0 Å².